The predicted molar refractivity (Wildman–Crippen MR) is 234 cm³/mol. The largest absolute Gasteiger partial charge is 0.497 e. The lowest BCUT2D eigenvalue weighted by atomic mass is 9.74. The quantitative estimate of drug-likeness (QED) is 0.123. The summed E-state index contributed by atoms with van der Waals surface area (Å²) < 4.78 is 104. The van der Waals surface area contributed by atoms with Gasteiger partial charge in [-0.05, 0) is 118 Å². The molecule has 0 bridgehead atoms. The maximum Gasteiger partial charge on any atom is 0.380 e. The predicted octanol–water partition coefficient (Wildman–Crippen LogP) is 14.8. The van der Waals surface area contributed by atoms with Crippen molar-refractivity contribution in [3.05, 3.63) is 151 Å². The summed E-state index contributed by atoms with van der Waals surface area (Å²) in [7, 11) is 1.59. The Morgan fingerprint density at radius 2 is 1.25 bits per heavy atom. The van der Waals surface area contributed by atoms with Crippen LogP contribution < -0.4 is 0 Å². The molecule has 2 aliphatic rings. The highest BCUT2D eigenvalue weighted by molar-refractivity contribution is 5.58. The summed E-state index contributed by atoms with van der Waals surface area (Å²) in [6, 6.07) is 19.3. The lowest BCUT2D eigenvalue weighted by Gasteiger charge is -2.31. The molecule has 0 amide bonds. The molecule has 7 heteroatoms. The van der Waals surface area contributed by atoms with Gasteiger partial charge in [0.05, 0.1) is 7.11 Å². The molecule has 0 aromatic heterocycles. The van der Waals surface area contributed by atoms with Crippen LogP contribution in [-0.2, 0) is 41.3 Å². The maximum atomic E-state index is 16.8. The number of hydrogen-bond acceptors (Lipinski definition) is 1. The summed E-state index contributed by atoms with van der Waals surface area (Å²) in [4.78, 5) is 0. The molecule has 0 radical (unpaired) electrons. The third-order valence-corrected chi connectivity index (χ3v) is 12.6. The van der Waals surface area contributed by atoms with Gasteiger partial charge in [-0.15, -0.1) is 12.3 Å². The van der Waals surface area contributed by atoms with Gasteiger partial charge in [0.25, 0.3) is 0 Å². The van der Waals surface area contributed by atoms with Gasteiger partial charge in [-0.1, -0.05) is 135 Å². The second kappa shape index (κ2) is 17.5. The summed E-state index contributed by atoms with van der Waals surface area (Å²) in [5, 5.41) is 0. The molecule has 0 saturated carbocycles. The van der Waals surface area contributed by atoms with Crippen molar-refractivity contribution in [1.29, 1.82) is 0 Å². The van der Waals surface area contributed by atoms with Crippen molar-refractivity contribution < 1.29 is 31.1 Å². The summed E-state index contributed by atoms with van der Waals surface area (Å²) in [6.07, 6.45) is 11.4. The first-order valence-electron chi connectivity index (χ1n) is 21.3. The summed E-state index contributed by atoms with van der Waals surface area (Å²) >= 11 is 0. The SMILES string of the molecule is C#CCc1cc(CC)c(CC)cc1CC1=C(/C(C)=C(/CC2C=C(CC)C(OC)=CC2)C(c2ccc(C(C)(C)C)cc2)c2ccc(C(C)(C)C)cc2)C(F)(F)C(F)(F)C1(F)F. The molecule has 0 saturated heterocycles. The first-order valence-corrected chi connectivity index (χ1v) is 21.3. The molecule has 322 valence electrons. The second-order valence-electron chi connectivity index (χ2n) is 18.6. The molecular weight excluding hydrogens is 767 g/mol. The summed E-state index contributed by atoms with van der Waals surface area (Å²) in [6.45, 7) is 19.7. The Kier molecular flexibility index (Phi) is 13.6. The van der Waals surface area contributed by atoms with Crippen LogP contribution in [0.4, 0.5) is 26.3 Å². The molecule has 3 aromatic carbocycles. The molecule has 0 spiro atoms. The Morgan fingerprint density at radius 3 is 1.68 bits per heavy atom. The van der Waals surface area contributed by atoms with Gasteiger partial charge in [-0.2, -0.15) is 26.3 Å². The molecule has 0 aliphatic heterocycles. The number of halogens is 6. The normalized spacial score (nSPS) is 19.2. The fraction of sp³-hybridized carbons (Fsp3) is 0.472. The van der Waals surface area contributed by atoms with E-state index in [0.29, 0.717) is 36.8 Å². The molecule has 0 heterocycles. The standard InChI is InChI=1S/C53H62F6O/c1-13-17-40-30-35(14-2)36(15-3)31-41(40)32-45-48(52(56,57)53(58,59)51(45,54)55)33(5)44(29-34-18-27-46(60-12)37(16-4)28-34)47(38-19-23-42(24-20-38)49(6,7)8)39-21-25-43(26-22-39)50(9,10)11/h1,19-28,30-31,34,47H,14-18,29,32H2,2-12H3/b44-33-. The molecule has 1 atom stereocenters. The van der Waals surface area contributed by atoms with E-state index < -0.39 is 41.3 Å². The number of ether oxygens (including phenoxy) is 1. The molecule has 3 aromatic rings. The third-order valence-electron chi connectivity index (χ3n) is 12.6. The Balaban J connectivity index is 1.90. The number of allylic oxidation sites excluding steroid dienone is 7. The highest BCUT2D eigenvalue weighted by Crippen LogP contribution is 2.62. The first kappa shape index (κ1) is 46.6. The zero-order chi connectivity index (χ0) is 44.6. The first-order chi connectivity index (χ1) is 28.0. The van der Waals surface area contributed by atoms with Crippen LogP contribution in [0.5, 0.6) is 0 Å². The van der Waals surface area contributed by atoms with Gasteiger partial charge >= 0.3 is 17.8 Å². The van der Waals surface area contributed by atoms with E-state index in [4.69, 9.17) is 11.2 Å². The summed E-state index contributed by atoms with van der Waals surface area (Å²) in [5.74, 6) is -13.8. The zero-order valence-electron chi connectivity index (χ0n) is 37.3. The Labute approximate surface area is 355 Å². The van der Waals surface area contributed by atoms with Crippen LogP contribution >= 0.6 is 0 Å². The molecule has 2 aliphatic carbocycles. The van der Waals surface area contributed by atoms with Crippen LogP contribution in [0.25, 0.3) is 0 Å². The highest BCUT2D eigenvalue weighted by Gasteiger charge is 2.80. The number of rotatable bonds is 13. The van der Waals surface area contributed by atoms with Gasteiger partial charge in [0.2, 0.25) is 0 Å². The average Bonchev–Trinajstić information content (AvgIpc) is 3.29. The number of methoxy groups -OCH3 is 1. The van der Waals surface area contributed by atoms with E-state index in [1.807, 2.05) is 87.5 Å². The minimum Gasteiger partial charge on any atom is -0.497 e. The van der Waals surface area contributed by atoms with Crippen LogP contribution in [0.2, 0.25) is 0 Å². The summed E-state index contributed by atoms with van der Waals surface area (Å²) in [5.41, 5.74) is 4.22. The third kappa shape index (κ3) is 8.81. The zero-order valence-corrected chi connectivity index (χ0v) is 37.3. The number of alkyl halides is 6. The van der Waals surface area contributed by atoms with Crippen molar-refractivity contribution in [2.75, 3.05) is 7.11 Å². The molecule has 5 rings (SSSR count). The van der Waals surface area contributed by atoms with Gasteiger partial charge < -0.3 is 4.74 Å². The highest BCUT2D eigenvalue weighted by atomic mass is 19.3. The second-order valence-corrected chi connectivity index (χ2v) is 18.6. The Bertz CT molecular complexity index is 2150. The molecule has 1 unspecified atom stereocenters. The van der Waals surface area contributed by atoms with Gasteiger partial charge in [0.15, 0.2) is 0 Å². The van der Waals surface area contributed by atoms with E-state index >= 15 is 26.3 Å². The van der Waals surface area contributed by atoms with Crippen molar-refractivity contribution in [2.24, 2.45) is 5.92 Å². The van der Waals surface area contributed by atoms with Crippen LogP contribution in [0.15, 0.2) is 106 Å². The van der Waals surface area contributed by atoms with Crippen LogP contribution in [0.3, 0.4) is 0 Å². The van der Waals surface area contributed by atoms with Crippen molar-refractivity contribution in [2.45, 2.75) is 149 Å². The average molecular weight is 829 g/mol. The fourth-order valence-corrected chi connectivity index (χ4v) is 8.98. The molecule has 1 nitrogen and oxygen atoms in total. The molecule has 60 heavy (non-hydrogen) atoms. The Hall–Kier alpha value is -4.44. The lowest BCUT2D eigenvalue weighted by Crippen LogP contribution is -2.49. The van der Waals surface area contributed by atoms with Gasteiger partial charge in [-0.3, -0.25) is 0 Å². The molecule has 0 fully saturated rings. The van der Waals surface area contributed by atoms with Crippen LogP contribution in [-0.4, -0.2) is 24.9 Å². The smallest absolute Gasteiger partial charge is 0.380 e. The van der Waals surface area contributed by atoms with E-state index in [9.17, 15) is 0 Å². The fourth-order valence-electron chi connectivity index (χ4n) is 8.98. The number of aryl methyl sites for hydroxylation is 2. The molecule has 0 N–H and O–H groups in total. The Morgan fingerprint density at radius 1 is 0.750 bits per heavy atom. The van der Waals surface area contributed by atoms with Gasteiger partial charge in [-0.25, -0.2) is 0 Å². The topological polar surface area (TPSA) is 9.23 Å². The maximum absolute atomic E-state index is 16.8. The van der Waals surface area contributed by atoms with Crippen molar-refractivity contribution in [3.63, 3.8) is 0 Å². The van der Waals surface area contributed by atoms with E-state index in [0.717, 1.165) is 44.7 Å². The van der Waals surface area contributed by atoms with Crippen molar-refractivity contribution in [1.82, 2.24) is 0 Å². The van der Waals surface area contributed by atoms with Crippen LogP contribution in [0.1, 0.15) is 139 Å². The lowest BCUT2D eigenvalue weighted by molar-refractivity contribution is -0.264. The minimum atomic E-state index is -5.69. The van der Waals surface area contributed by atoms with Crippen molar-refractivity contribution in [3.8, 4) is 12.3 Å². The minimum absolute atomic E-state index is 0.0370. The van der Waals surface area contributed by atoms with E-state index in [1.54, 1.807) is 13.2 Å². The van der Waals surface area contributed by atoms with E-state index in [-0.39, 0.29) is 40.7 Å². The van der Waals surface area contributed by atoms with Gasteiger partial charge in [0.1, 0.15) is 5.76 Å². The van der Waals surface area contributed by atoms with E-state index in [1.165, 1.54) is 6.92 Å². The van der Waals surface area contributed by atoms with Crippen molar-refractivity contribution >= 4 is 0 Å². The molecular formula is C53H62F6O. The van der Waals surface area contributed by atoms with Gasteiger partial charge in [0, 0.05) is 29.9 Å². The number of terminal acetylenes is 1. The van der Waals surface area contributed by atoms with Crippen LogP contribution in [0, 0.1) is 18.3 Å². The number of hydrogen-bond donors (Lipinski definition) is 0. The number of benzene rings is 3. The van der Waals surface area contributed by atoms with E-state index in [2.05, 4.69) is 47.5 Å². The monoisotopic (exact) mass is 828 g/mol.